The van der Waals surface area contributed by atoms with Gasteiger partial charge in [0.1, 0.15) is 12.4 Å². The molecule has 1 aromatic rings. The van der Waals surface area contributed by atoms with Gasteiger partial charge in [0.2, 0.25) is 5.91 Å². The second-order valence-corrected chi connectivity index (χ2v) is 3.74. The molecule has 0 aliphatic carbocycles. The van der Waals surface area contributed by atoms with Gasteiger partial charge < -0.3 is 20.2 Å². The van der Waals surface area contributed by atoms with Gasteiger partial charge in [-0.25, -0.2) is 0 Å². The Morgan fingerprint density at radius 3 is 3.07 bits per heavy atom. The van der Waals surface area contributed by atoms with E-state index in [4.69, 9.17) is 14.9 Å². The van der Waals surface area contributed by atoms with Crippen LogP contribution in [-0.4, -0.2) is 25.7 Å². The molecule has 0 spiro atoms. The predicted molar refractivity (Wildman–Crippen MR) is 58.1 cm³/mol. The number of carbonyl (C=O) groups excluding carboxylic acids is 1. The fraction of sp³-hybridized carbons (Fsp3) is 0.444. The first kappa shape index (κ1) is 12.2. The van der Waals surface area contributed by atoms with Crippen molar-refractivity contribution in [1.29, 1.82) is 0 Å². The van der Waals surface area contributed by atoms with Gasteiger partial charge in [-0.15, -0.1) is 0 Å². The highest BCUT2D eigenvalue weighted by atomic mass is 79.9. The molecule has 0 aliphatic rings. The number of carbonyl (C=O) groups is 1. The minimum Gasteiger partial charge on any atom is -0.467 e. The average molecular weight is 277 g/mol. The molecule has 5 nitrogen and oxygen atoms in total. The third-order valence-electron chi connectivity index (χ3n) is 1.64. The Labute approximate surface area is 96.1 Å². The molecule has 1 rings (SSSR count). The summed E-state index contributed by atoms with van der Waals surface area (Å²) in [5, 5.41) is 3.10. The van der Waals surface area contributed by atoms with Crippen LogP contribution in [-0.2, 0) is 16.1 Å². The number of nitrogens with two attached hydrogens (primary N) is 1. The molecule has 6 heteroatoms. The van der Waals surface area contributed by atoms with Crippen molar-refractivity contribution in [3.63, 3.8) is 0 Å². The second-order valence-electron chi connectivity index (χ2n) is 2.89. The molecule has 84 valence electrons. The van der Waals surface area contributed by atoms with Crippen LogP contribution < -0.4 is 11.1 Å². The van der Waals surface area contributed by atoms with Crippen LogP contribution in [0, 0.1) is 0 Å². The molecule has 15 heavy (non-hydrogen) atoms. The smallest absolute Gasteiger partial charge is 0.243 e. The Hall–Kier alpha value is -0.850. The average Bonchev–Trinajstić information content (AvgIpc) is 2.57. The quantitative estimate of drug-likeness (QED) is 0.717. The molecule has 0 aliphatic heterocycles. The van der Waals surface area contributed by atoms with Crippen molar-refractivity contribution in [1.82, 2.24) is 5.32 Å². The third kappa shape index (κ3) is 4.96. The number of rotatable bonds is 7. The number of halogens is 1. The van der Waals surface area contributed by atoms with Crippen molar-refractivity contribution >= 4 is 21.8 Å². The summed E-state index contributed by atoms with van der Waals surface area (Å²) in [6, 6.07) is 1.83. The van der Waals surface area contributed by atoms with Crippen LogP contribution in [0.2, 0.25) is 0 Å². The zero-order valence-corrected chi connectivity index (χ0v) is 9.75. The van der Waals surface area contributed by atoms with Gasteiger partial charge >= 0.3 is 0 Å². The van der Waals surface area contributed by atoms with Gasteiger partial charge in [0.15, 0.2) is 0 Å². The van der Waals surface area contributed by atoms with Crippen LogP contribution in [0.1, 0.15) is 5.76 Å². The fourth-order valence-corrected chi connectivity index (χ4v) is 1.31. The van der Waals surface area contributed by atoms with Crippen LogP contribution in [0.5, 0.6) is 0 Å². The highest BCUT2D eigenvalue weighted by Crippen LogP contribution is 2.16. The molecule has 1 aromatic heterocycles. The molecule has 0 unspecified atom stereocenters. The fourth-order valence-electron chi connectivity index (χ4n) is 0.970. The van der Waals surface area contributed by atoms with E-state index in [0.717, 1.165) is 10.2 Å². The monoisotopic (exact) mass is 276 g/mol. The summed E-state index contributed by atoms with van der Waals surface area (Å²) in [5.41, 5.74) is 4.90. The van der Waals surface area contributed by atoms with Gasteiger partial charge in [-0.3, -0.25) is 4.79 Å². The van der Waals surface area contributed by atoms with Gasteiger partial charge in [-0.1, -0.05) is 0 Å². The van der Waals surface area contributed by atoms with Crippen molar-refractivity contribution in [3.05, 3.63) is 22.6 Å². The first-order chi connectivity index (χ1) is 7.20. The Bertz CT molecular complexity index is 314. The van der Waals surface area contributed by atoms with Crippen molar-refractivity contribution in [2.75, 3.05) is 19.8 Å². The summed E-state index contributed by atoms with van der Waals surface area (Å²) in [6.07, 6.45) is 1.62. The zero-order chi connectivity index (χ0) is 11.1. The molecule has 1 amide bonds. The normalized spacial score (nSPS) is 10.5. The maximum Gasteiger partial charge on any atom is 0.243 e. The topological polar surface area (TPSA) is 77.5 Å². The number of furan rings is 1. The van der Waals surface area contributed by atoms with E-state index in [0.29, 0.717) is 19.7 Å². The SMILES string of the molecule is NC(=O)COCCNCc1occc1Br. The van der Waals surface area contributed by atoms with Crippen LogP contribution in [0.15, 0.2) is 21.2 Å². The van der Waals surface area contributed by atoms with Crippen molar-refractivity contribution < 1.29 is 13.9 Å². The Kier molecular flexibility index (Phi) is 5.38. The van der Waals surface area contributed by atoms with Crippen LogP contribution >= 0.6 is 15.9 Å². The molecular weight excluding hydrogens is 264 g/mol. The van der Waals surface area contributed by atoms with E-state index < -0.39 is 5.91 Å². The third-order valence-corrected chi connectivity index (χ3v) is 2.35. The van der Waals surface area contributed by atoms with Gasteiger partial charge in [0.05, 0.1) is 23.9 Å². The largest absolute Gasteiger partial charge is 0.467 e. The second kappa shape index (κ2) is 6.60. The lowest BCUT2D eigenvalue weighted by molar-refractivity contribution is -0.122. The minimum atomic E-state index is -0.455. The summed E-state index contributed by atoms with van der Waals surface area (Å²) < 4.78 is 11.1. The van der Waals surface area contributed by atoms with Crippen molar-refractivity contribution in [2.24, 2.45) is 5.73 Å². The number of hydrogen-bond acceptors (Lipinski definition) is 4. The summed E-state index contributed by atoms with van der Waals surface area (Å²) in [6.45, 7) is 1.67. The summed E-state index contributed by atoms with van der Waals surface area (Å²) in [7, 11) is 0. The maximum atomic E-state index is 10.3. The standard InChI is InChI=1S/C9H13BrN2O3/c10-7-1-3-15-8(7)5-12-2-4-14-6-9(11)13/h1,3,12H,2,4-6H2,(H2,11,13). The van der Waals surface area contributed by atoms with E-state index in [1.54, 1.807) is 6.26 Å². The summed E-state index contributed by atoms with van der Waals surface area (Å²) in [5.74, 6) is 0.383. The summed E-state index contributed by atoms with van der Waals surface area (Å²) >= 11 is 3.34. The Balaban J connectivity index is 2.03. The molecule has 0 fully saturated rings. The molecule has 0 radical (unpaired) electrons. The van der Waals surface area contributed by atoms with Crippen molar-refractivity contribution in [3.8, 4) is 0 Å². The molecule has 0 bridgehead atoms. The molecule has 0 saturated heterocycles. The lowest BCUT2D eigenvalue weighted by atomic mass is 10.4. The number of primary amides is 1. The maximum absolute atomic E-state index is 10.3. The van der Waals surface area contributed by atoms with Crippen LogP contribution in [0.25, 0.3) is 0 Å². The minimum absolute atomic E-state index is 0.0356. The van der Waals surface area contributed by atoms with Crippen LogP contribution in [0.4, 0.5) is 0 Å². The summed E-state index contributed by atoms with van der Waals surface area (Å²) in [4.78, 5) is 10.3. The Morgan fingerprint density at radius 2 is 2.47 bits per heavy atom. The number of hydrogen-bond donors (Lipinski definition) is 2. The van der Waals surface area contributed by atoms with E-state index in [-0.39, 0.29) is 6.61 Å². The van der Waals surface area contributed by atoms with Gasteiger partial charge in [0.25, 0.3) is 0 Å². The zero-order valence-electron chi connectivity index (χ0n) is 8.16. The van der Waals surface area contributed by atoms with Crippen molar-refractivity contribution in [2.45, 2.75) is 6.54 Å². The van der Waals surface area contributed by atoms with E-state index in [1.807, 2.05) is 6.07 Å². The van der Waals surface area contributed by atoms with E-state index in [1.165, 1.54) is 0 Å². The molecule has 3 N–H and O–H groups in total. The number of amides is 1. The van der Waals surface area contributed by atoms with E-state index in [2.05, 4.69) is 21.2 Å². The molecule has 0 saturated carbocycles. The van der Waals surface area contributed by atoms with Gasteiger partial charge in [-0.2, -0.15) is 0 Å². The first-order valence-corrected chi connectivity index (χ1v) is 5.28. The van der Waals surface area contributed by atoms with E-state index in [9.17, 15) is 4.79 Å². The number of nitrogens with one attached hydrogen (secondary N) is 1. The molecule has 0 aromatic carbocycles. The lowest BCUT2D eigenvalue weighted by Gasteiger charge is -2.03. The van der Waals surface area contributed by atoms with Crippen LogP contribution in [0.3, 0.4) is 0 Å². The molecule has 0 atom stereocenters. The highest BCUT2D eigenvalue weighted by molar-refractivity contribution is 9.10. The Morgan fingerprint density at radius 1 is 1.67 bits per heavy atom. The van der Waals surface area contributed by atoms with Gasteiger partial charge in [0, 0.05) is 6.54 Å². The predicted octanol–water partition coefficient (Wildman–Crippen LogP) is 0.634. The molecular formula is C9H13BrN2O3. The highest BCUT2D eigenvalue weighted by Gasteiger charge is 2.01. The first-order valence-electron chi connectivity index (χ1n) is 4.49. The van der Waals surface area contributed by atoms with E-state index >= 15 is 0 Å². The number of ether oxygens (including phenoxy) is 1. The van der Waals surface area contributed by atoms with Gasteiger partial charge in [-0.05, 0) is 22.0 Å². The lowest BCUT2D eigenvalue weighted by Crippen LogP contribution is -2.23. The molecule has 1 heterocycles.